The molecule has 0 spiro atoms. The topological polar surface area (TPSA) is 92.0 Å². The van der Waals surface area contributed by atoms with Crippen molar-refractivity contribution in [3.05, 3.63) is 52.3 Å². The molecule has 4 N–H and O–H groups in total. The zero-order valence-corrected chi connectivity index (χ0v) is 12.1. The molecule has 21 heavy (non-hydrogen) atoms. The van der Waals surface area contributed by atoms with Gasteiger partial charge in [-0.2, -0.15) is 0 Å². The fourth-order valence-corrected chi connectivity index (χ4v) is 1.85. The SMILES string of the molecule is CC(C)COc1ccc(-c2ccc(C(=N)N)c(=O)[nH]2)cc1. The number of rotatable bonds is 5. The Morgan fingerprint density at radius 1 is 1.24 bits per heavy atom. The van der Waals surface area contributed by atoms with Crippen LogP contribution in [0.25, 0.3) is 11.3 Å². The van der Waals surface area contributed by atoms with Crippen LogP contribution >= 0.6 is 0 Å². The Kier molecular flexibility index (Phi) is 4.42. The molecule has 0 saturated carbocycles. The summed E-state index contributed by atoms with van der Waals surface area (Å²) in [5.74, 6) is 1.04. The fraction of sp³-hybridized carbons (Fsp3) is 0.250. The number of nitrogens with one attached hydrogen (secondary N) is 2. The Morgan fingerprint density at radius 2 is 1.90 bits per heavy atom. The molecular weight excluding hydrogens is 266 g/mol. The highest BCUT2D eigenvalue weighted by atomic mass is 16.5. The van der Waals surface area contributed by atoms with Crippen molar-refractivity contribution in [3.8, 4) is 17.0 Å². The van der Waals surface area contributed by atoms with E-state index < -0.39 is 0 Å². The number of aromatic amines is 1. The summed E-state index contributed by atoms with van der Waals surface area (Å²) in [6.07, 6.45) is 0. The molecule has 0 amide bonds. The van der Waals surface area contributed by atoms with Crippen LogP contribution in [0, 0.1) is 11.3 Å². The van der Waals surface area contributed by atoms with Gasteiger partial charge in [0, 0.05) is 5.69 Å². The van der Waals surface area contributed by atoms with Crippen LogP contribution in [0.3, 0.4) is 0 Å². The Labute approximate surface area is 123 Å². The van der Waals surface area contributed by atoms with Crippen molar-refractivity contribution in [3.63, 3.8) is 0 Å². The zero-order valence-electron chi connectivity index (χ0n) is 12.1. The van der Waals surface area contributed by atoms with Crippen molar-refractivity contribution in [2.24, 2.45) is 11.7 Å². The van der Waals surface area contributed by atoms with E-state index in [0.717, 1.165) is 11.3 Å². The monoisotopic (exact) mass is 285 g/mol. The van der Waals surface area contributed by atoms with Gasteiger partial charge in [-0.15, -0.1) is 0 Å². The molecule has 5 heteroatoms. The van der Waals surface area contributed by atoms with Crippen molar-refractivity contribution < 1.29 is 4.74 Å². The number of hydrogen-bond acceptors (Lipinski definition) is 3. The first kappa shape index (κ1) is 14.8. The summed E-state index contributed by atoms with van der Waals surface area (Å²) in [5.41, 5.74) is 6.70. The van der Waals surface area contributed by atoms with Gasteiger partial charge in [0.05, 0.1) is 12.2 Å². The quantitative estimate of drug-likeness (QED) is 0.581. The molecule has 0 saturated heterocycles. The van der Waals surface area contributed by atoms with Crippen LogP contribution in [-0.2, 0) is 0 Å². The van der Waals surface area contributed by atoms with Crippen molar-refractivity contribution in [2.45, 2.75) is 13.8 Å². The lowest BCUT2D eigenvalue weighted by Gasteiger charge is -2.09. The van der Waals surface area contributed by atoms with E-state index in [1.807, 2.05) is 24.3 Å². The van der Waals surface area contributed by atoms with E-state index in [1.165, 1.54) is 0 Å². The summed E-state index contributed by atoms with van der Waals surface area (Å²) in [4.78, 5) is 14.5. The first-order chi connectivity index (χ1) is 9.97. The van der Waals surface area contributed by atoms with E-state index in [2.05, 4.69) is 18.8 Å². The first-order valence-electron chi connectivity index (χ1n) is 6.78. The largest absolute Gasteiger partial charge is 0.493 e. The molecule has 0 radical (unpaired) electrons. The maximum atomic E-state index is 11.8. The Hall–Kier alpha value is -2.56. The summed E-state index contributed by atoms with van der Waals surface area (Å²) in [6, 6.07) is 10.8. The highest BCUT2D eigenvalue weighted by Gasteiger charge is 2.05. The van der Waals surface area contributed by atoms with Crippen LogP contribution < -0.4 is 16.0 Å². The first-order valence-corrected chi connectivity index (χ1v) is 6.78. The number of benzene rings is 1. The van der Waals surface area contributed by atoms with Gasteiger partial charge in [-0.25, -0.2) is 0 Å². The number of amidine groups is 1. The third-order valence-electron chi connectivity index (χ3n) is 2.95. The zero-order chi connectivity index (χ0) is 15.4. The van der Waals surface area contributed by atoms with E-state index in [-0.39, 0.29) is 17.0 Å². The molecular formula is C16H19N3O2. The van der Waals surface area contributed by atoms with Crippen LogP contribution in [0.1, 0.15) is 19.4 Å². The predicted octanol–water partition coefficient (Wildman–Crippen LogP) is 2.36. The molecule has 2 aromatic rings. The van der Waals surface area contributed by atoms with Crippen LogP contribution in [0.5, 0.6) is 5.75 Å². The maximum absolute atomic E-state index is 11.8. The van der Waals surface area contributed by atoms with Gasteiger partial charge in [-0.05, 0) is 47.9 Å². The normalized spacial score (nSPS) is 10.6. The van der Waals surface area contributed by atoms with Gasteiger partial charge < -0.3 is 15.5 Å². The maximum Gasteiger partial charge on any atom is 0.259 e. The molecule has 0 aliphatic rings. The summed E-state index contributed by atoms with van der Waals surface area (Å²) in [6.45, 7) is 4.86. The molecule has 0 fully saturated rings. The summed E-state index contributed by atoms with van der Waals surface area (Å²) >= 11 is 0. The number of ether oxygens (including phenoxy) is 1. The van der Waals surface area contributed by atoms with Gasteiger partial charge >= 0.3 is 0 Å². The van der Waals surface area contributed by atoms with Crippen molar-refractivity contribution in [1.82, 2.24) is 4.98 Å². The van der Waals surface area contributed by atoms with Crippen molar-refractivity contribution >= 4 is 5.84 Å². The standard InChI is InChI=1S/C16H19N3O2/c1-10(2)9-21-12-5-3-11(4-6-12)14-8-7-13(15(17)18)16(20)19-14/h3-8,10H,9H2,1-2H3,(H3,17,18)(H,19,20). The molecule has 1 aromatic carbocycles. The van der Waals surface area contributed by atoms with E-state index >= 15 is 0 Å². The third kappa shape index (κ3) is 3.72. The number of pyridine rings is 1. The summed E-state index contributed by atoms with van der Waals surface area (Å²) in [5, 5.41) is 7.30. The number of hydrogen-bond donors (Lipinski definition) is 3. The van der Waals surface area contributed by atoms with E-state index in [4.69, 9.17) is 15.9 Å². The van der Waals surface area contributed by atoms with Crippen LogP contribution in [-0.4, -0.2) is 17.4 Å². The van der Waals surface area contributed by atoms with Gasteiger partial charge in [0.1, 0.15) is 11.6 Å². The number of H-pyrrole nitrogens is 1. The third-order valence-corrected chi connectivity index (χ3v) is 2.95. The molecule has 0 aliphatic heterocycles. The minimum Gasteiger partial charge on any atom is -0.493 e. The summed E-state index contributed by atoms with van der Waals surface area (Å²) < 4.78 is 5.62. The van der Waals surface area contributed by atoms with Crippen molar-refractivity contribution in [2.75, 3.05) is 6.61 Å². The highest BCUT2D eigenvalue weighted by molar-refractivity contribution is 5.94. The second-order valence-corrected chi connectivity index (χ2v) is 5.26. The van der Waals surface area contributed by atoms with E-state index in [9.17, 15) is 4.79 Å². The Morgan fingerprint density at radius 3 is 2.43 bits per heavy atom. The van der Waals surface area contributed by atoms with Gasteiger partial charge in [-0.1, -0.05) is 13.8 Å². The average Bonchev–Trinajstić information content (AvgIpc) is 2.45. The highest BCUT2D eigenvalue weighted by Crippen LogP contribution is 2.20. The number of nitrogens with two attached hydrogens (primary N) is 1. The Balaban J connectivity index is 2.21. The van der Waals surface area contributed by atoms with E-state index in [0.29, 0.717) is 18.2 Å². The van der Waals surface area contributed by atoms with Crippen molar-refractivity contribution in [1.29, 1.82) is 5.41 Å². The molecule has 0 atom stereocenters. The number of nitrogen functional groups attached to an aromatic ring is 1. The molecule has 5 nitrogen and oxygen atoms in total. The van der Waals surface area contributed by atoms with Gasteiger partial charge in [0.2, 0.25) is 0 Å². The van der Waals surface area contributed by atoms with Gasteiger partial charge in [0.15, 0.2) is 0 Å². The molecule has 0 bridgehead atoms. The van der Waals surface area contributed by atoms with Crippen LogP contribution in [0.15, 0.2) is 41.2 Å². The smallest absolute Gasteiger partial charge is 0.259 e. The van der Waals surface area contributed by atoms with Crippen LogP contribution in [0.4, 0.5) is 0 Å². The molecule has 1 heterocycles. The lowest BCUT2D eigenvalue weighted by molar-refractivity contribution is 0.271. The minimum atomic E-state index is -0.361. The average molecular weight is 285 g/mol. The second-order valence-electron chi connectivity index (χ2n) is 5.26. The van der Waals surface area contributed by atoms with Crippen LogP contribution in [0.2, 0.25) is 0 Å². The lowest BCUT2D eigenvalue weighted by atomic mass is 10.1. The predicted molar refractivity (Wildman–Crippen MR) is 83.8 cm³/mol. The lowest BCUT2D eigenvalue weighted by Crippen LogP contribution is -2.23. The Bertz CT molecular complexity index is 687. The fourth-order valence-electron chi connectivity index (χ4n) is 1.85. The number of aromatic nitrogens is 1. The van der Waals surface area contributed by atoms with Gasteiger partial charge in [0.25, 0.3) is 5.56 Å². The summed E-state index contributed by atoms with van der Waals surface area (Å²) in [7, 11) is 0. The molecule has 2 rings (SSSR count). The van der Waals surface area contributed by atoms with E-state index in [1.54, 1.807) is 12.1 Å². The molecule has 0 unspecified atom stereocenters. The molecule has 1 aromatic heterocycles. The molecule has 0 aliphatic carbocycles. The van der Waals surface area contributed by atoms with Gasteiger partial charge in [-0.3, -0.25) is 10.2 Å². The second kappa shape index (κ2) is 6.26. The molecule has 110 valence electrons. The minimum absolute atomic E-state index is 0.177.